The number of halogens is 1. The van der Waals surface area contributed by atoms with E-state index in [1.165, 1.54) is 0 Å². The van der Waals surface area contributed by atoms with Gasteiger partial charge < -0.3 is 4.74 Å². The predicted molar refractivity (Wildman–Crippen MR) is 82.9 cm³/mol. The van der Waals surface area contributed by atoms with Gasteiger partial charge in [-0.3, -0.25) is 4.79 Å². The molecule has 2 aliphatic rings. The Kier molecular flexibility index (Phi) is 5.20. The van der Waals surface area contributed by atoms with Crippen LogP contribution in [0.25, 0.3) is 0 Å². The van der Waals surface area contributed by atoms with Gasteiger partial charge in [0.25, 0.3) is 0 Å². The maximum atomic E-state index is 11.9. The van der Waals surface area contributed by atoms with Crippen LogP contribution >= 0.6 is 11.6 Å². The van der Waals surface area contributed by atoms with E-state index in [4.69, 9.17) is 16.3 Å². The molecule has 3 rings (SSSR count). The number of ketones is 1. The molecule has 0 saturated heterocycles. The molecule has 3 unspecified atom stereocenters. The molecule has 1 aromatic heterocycles. The van der Waals surface area contributed by atoms with Crippen molar-refractivity contribution in [2.75, 3.05) is 7.11 Å². The maximum absolute atomic E-state index is 11.9. The summed E-state index contributed by atoms with van der Waals surface area (Å²) in [7, 11) is 1.61. The van der Waals surface area contributed by atoms with E-state index in [1.807, 2.05) is 20.8 Å². The van der Waals surface area contributed by atoms with Crippen LogP contribution in [0.15, 0.2) is 0 Å². The van der Waals surface area contributed by atoms with E-state index in [0.29, 0.717) is 29.9 Å². The van der Waals surface area contributed by atoms with Crippen LogP contribution in [-0.4, -0.2) is 22.9 Å². The number of fused-ring (bicyclic) bond motifs is 3. The normalized spacial score (nSPS) is 27.1. The van der Waals surface area contributed by atoms with Gasteiger partial charge in [-0.1, -0.05) is 20.8 Å². The van der Waals surface area contributed by atoms with Crippen molar-refractivity contribution in [3.05, 3.63) is 16.5 Å². The van der Waals surface area contributed by atoms with Crippen molar-refractivity contribution in [1.29, 1.82) is 0 Å². The van der Waals surface area contributed by atoms with Crippen LogP contribution in [0.5, 0.6) is 5.88 Å². The maximum Gasteiger partial charge on any atom is 0.225 e. The van der Waals surface area contributed by atoms with Gasteiger partial charge in [0.15, 0.2) is 0 Å². The van der Waals surface area contributed by atoms with Gasteiger partial charge in [0.05, 0.1) is 12.8 Å². The lowest BCUT2D eigenvalue weighted by atomic mass is 9.65. The fourth-order valence-corrected chi connectivity index (χ4v) is 3.76. The van der Waals surface area contributed by atoms with Gasteiger partial charge >= 0.3 is 0 Å². The fraction of sp³-hybridized carbons (Fsp3) is 0.688. The summed E-state index contributed by atoms with van der Waals surface area (Å²) in [5.41, 5.74) is 2.09. The second kappa shape index (κ2) is 6.73. The minimum Gasteiger partial charge on any atom is -0.481 e. The molecule has 0 aromatic carbocycles. The zero-order valence-corrected chi connectivity index (χ0v) is 13.9. The van der Waals surface area contributed by atoms with Crippen molar-refractivity contribution in [3.63, 3.8) is 0 Å². The van der Waals surface area contributed by atoms with Crippen LogP contribution in [0, 0.1) is 11.8 Å². The average Bonchev–Trinajstić information content (AvgIpc) is 2.51. The molecule has 1 saturated carbocycles. The van der Waals surface area contributed by atoms with Gasteiger partial charge in [-0.05, 0) is 36.8 Å². The lowest BCUT2D eigenvalue weighted by Crippen LogP contribution is -2.36. The molecule has 0 spiro atoms. The lowest BCUT2D eigenvalue weighted by molar-refractivity contribution is -0.126. The number of ether oxygens (including phenoxy) is 1. The minimum absolute atomic E-state index is 0.131. The largest absolute Gasteiger partial charge is 0.481 e. The van der Waals surface area contributed by atoms with Gasteiger partial charge in [-0.25, -0.2) is 4.98 Å². The molecule has 1 fully saturated rings. The molecule has 0 amide bonds. The number of aromatic nitrogens is 2. The summed E-state index contributed by atoms with van der Waals surface area (Å²) < 4.78 is 5.32. The molecular weight excluding hydrogens is 288 g/mol. The fourth-order valence-electron chi connectivity index (χ4n) is 3.59. The summed E-state index contributed by atoms with van der Waals surface area (Å²) in [5.74, 6) is 1.83. The van der Waals surface area contributed by atoms with Crippen molar-refractivity contribution in [3.8, 4) is 5.88 Å². The van der Waals surface area contributed by atoms with Crippen molar-refractivity contribution < 1.29 is 9.53 Å². The van der Waals surface area contributed by atoms with E-state index in [1.54, 1.807) is 7.11 Å². The number of rotatable bonds is 1. The van der Waals surface area contributed by atoms with Crippen LogP contribution in [0.3, 0.4) is 0 Å². The molecule has 0 N–H and O–H groups in total. The molecule has 4 nitrogen and oxygen atoms in total. The highest BCUT2D eigenvalue weighted by Gasteiger charge is 2.41. The number of hydrogen-bond acceptors (Lipinski definition) is 4. The van der Waals surface area contributed by atoms with Crippen molar-refractivity contribution in [1.82, 2.24) is 9.97 Å². The Morgan fingerprint density at radius 2 is 1.90 bits per heavy atom. The first-order chi connectivity index (χ1) is 10.1. The SMILES string of the molecule is CC.COc1nc(Cl)nc2c1CCC1C(C)C(=O)CCC21. The standard InChI is InChI=1S/C14H17ClN2O2.C2H6/c1-7-8-3-4-10-12(9(8)5-6-11(7)18)16-14(15)17-13(10)19-2;1-2/h7-9H,3-6H2,1-2H3;1-2H3. The number of carbonyl (C=O) groups is 1. The summed E-state index contributed by atoms with van der Waals surface area (Å²) in [5, 5.41) is 0.237. The lowest BCUT2D eigenvalue weighted by Gasteiger charge is -2.39. The first kappa shape index (κ1) is 16.2. The van der Waals surface area contributed by atoms with E-state index in [2.05, 4.69) is 9.97 Å². The Balaban J connectivity index is 0.000000774. The average molecular weight is 311 g/mol. The zero-order valence-electron chi connectivity index (χ0n) is 13.1. The van der Waals surface area contributed by atoms with E-state index in [0.717, 1.165) is 30.5 Å². The van der Waals surface area contributed by atoms with Crippen LogP contribution in [0.1, 0.15) is 57.2 Å². The first-order valence-corrected chi connectivity index (χ1v) is 8.12. The molecule has 1 heterocycles. The Bertz CT molecular complexity index is 533. The highest BCUT2D eigenvalue weighted by Crippen LogP contribution is 2.47. The Hall–Kier alpha value is -1.16. The molecule has 116 valence electrons. The molecule has 0 bridgehead atoms. The Morgan fingerprint density at radius 1 is 1.19 bits per heavy atom. The summed E-state index contributed by atoms with van der Waals surface area (Å²) in [6.07, 6.45) is 3.39. The van der Waals surface area contributed by atoms with Gasteiger partial charge in [-0.2, -0.15) is 4.98 Å². The number of methoxy groups -OCH3 is 1. The molecule has 21 heavy (non-hydrogen) atoms. The van der Waals surface area contributed by atoms with E-state index in [-0.39, 0.29) is 11.2 Å². The second-order valence-corrected chi connectivity index (χ2v) is 5.81. The molecule has 3 atom stereocenters. The number of carbonyl (C=O) groups excluding carboxylic acids is 1. The minimum atomic E-state index is 0.131. The zero-order chi connectivity index (χ0) is 15.6. The van der Waals surface area contributed by atoms with Crippen LogP contribution in [0.2, 0.25) is 5.28 Å². The topological polar surface area (TPSA) is 52.1 Å². The van der Waals surface area contributed by atoms with Crippen molar-refractivity contribution in [2.24, 2.45) is 11.8 Å². The predicted octanol–water partition coefficient (Wildman–Crippen LogP) is 3.81. The molecule has 0 radical (unpaired) electrons. The number of hydrogen-bond donors (Lipinski definition) is 0. The van der Waals surface area contributed by atoms with Crippen LogP contribution in [-0.2, 0) is 11.2 Å². The molecule has 5 heteroatoms. The van der Waals surface area contributed by atoms with Crippen LogP contribution < -0.4 is 4.74 Å². The molecule has 0 aliphatic heterocycles. The van der Waals surface area contributed by atoms with Crippen molar-refractivity contribution >= 4 is 17.4 Å². The number of nitrogens with zero attached hydrogens (tertiary/aromatic N) is 2. The van der Waals surface area contributed by atoms with E-state index >= 15 is 0 Å². The van der Waals surface area contributed by atoms with Gasteiger partial charge in [0.1, 0.15) is 5.78 Å². The summed E-state index contributed by atoms with van der Waals surface area (Å²) in [6.45, 7) is 6.05. The third-order valence-electron chi connectivity index (χ3n) is 4.61. The smallest absolute Gasteiger partial charge is 0.225 e. The highest BCUT2D eigenvalue weighted by atomic mass is 35.5. The summed E-state index contributed by atoms with van der Waals surface area (Å²) >= 11 is 5.99. The van der Waals surface area contributed by atoms with Crippen LogP contribution in [0.4, 0.5) is 0 Å². The Labute approximate surface area is 131 Å². The monoisotopic (exact) mass is 310 g/mol. The number of Topliss-reactive ketones (excluding diaryl/α,β-unsaturated/α-hetero) is 1. The summed E-state index contributed by atoms with van der Waals surface area (Å²) in [6, 6.07) is 0. The van der Waals surface area contributed by atoms with Gasteiger partial charge in [0.2, 0.25) is 11.2 Å². The highest BCUT2D eigenvalue weighted by molar-refractivity contribution is 6.28. The first-order valence-electron chi connectivity index (χ1n) is 7.74. The van der Waals surface area contributed by atoms with E-state index < -0.39 is 0 Å². The third kappa shape index (κ3) is 2.91. The van der Waals surface area contributed by atoms with E-state index in [9.17, 15) is 4.79 Å². The third-order valence-corrected chi connectivity index (χ3v) is 4.78. The molecular formula is C16H23ClN2O2. The van der Waals surface area contributed by atoms with Gasteiger partial charge in [-0.15, -0.1) is 0 Å². The second-order valence-electron chi connectivity index (χ2n) is 5.47. The molecule has 2 aliphatic carbocycles. The molecule has 1 aromatic rings. The Morgan fingerprint density at radius 3 is 2.57 bits per heavy atom. The van der Waals surface area contributed by atoms with Gasteiger partial charge in [0, 0.05) is 23.8 Å². The summed E-state index contributed by atoms with van der Waals surface area (Å²) in [4.78, 5) is 20.4. The quantitative estimate of drug-likeness (QED) is 0.740. The van der Waals surface area contributed by atoms with Crippen molar-refractivity contribution in [2.45, 2.75) is 52.4 Å².